The molecule has 4 heterocycles. The number of anilines is 4. The number of nitrogens with zero attached hydrogens (tertiary/aromatic N) is 5. The molecule has 1 aromatic heterocycles. The van der Waals surface area contributed by atoms with E-state index in [1.54, 1.807) is 23.1 Å². The molecule has 13 nitrogen and oxygen atoms in total. The molecule has 1 unspecified atom stereocenters. The first-order valence-electron chi connectivity index (χ1n) is 20.2. The summed E-state index contributed by atoms with van der Waals surface area (Å²) in [5, 5.41) is 17.7. The summed E-state index contributed by atoms with van der Waals surface area (Å²) in [6.45, 7) is 7.71. The zero-order chi connectivity index (χ0) is 43.0. The summed E-state index contributed by atoms with van der Waals surface area (Å²) in [7, 11) is 0. The molecule has 324 valence electrons. The molecular weight excluding hydrogens is 833 g/mol. The number of likely N-dealkylation sites (tertiary alicyclic amines) is 1. The summed E-state index contributed by atoms with van der Waals surface area (Å²) in [5.74, 6) is -0.141. The molecule has 7 rings (SSSR count). The van der Waals surface area contributed by atoms with Crippen LogP contribution in [0.1, 0.15) is 89.0 Å². The minimum absolute atomic E-state index is 0. The van der Waals surface area contributed by atoms with Crippen LogP contribution in [0.2, 0.25) is 0 Å². The van der Waals surface area contributed by atoms with Gasteiger partial charge in [0.05, 0.1) is 30.6 Å². The molecule has 3 N–H and O–H groups in total. The van der Waals surface area contributed by atoms with Crippen molar-refractivity contribution in [1.82, 2.24) is 15.2 Å². The lowest BCUT2D eigenvalue weighted by molar-refractivity contribution is -0.138. The molecule has 3 aliphatic heterocycles. The molecular formula is C43H48ClF3N8O5S. The second-order valence-electron chi connectivity index (χ2n) is 16.5. The van der Waals surface area contributed by atoms with Crippen LogP contribution in [0, 0.1) is 17.2 Å². The Morgan fingerprint density at radius 2 is 1.84 bits per heavy atom. The van der Waals surface area contributed by atoms with Crippen LogP contribution in [-0.4, -0.2) is 75.4 Å². The standard InChI is InChI=1S/C43H47F3N8O5S.ClH/c1-4-27-19-30(54-40(60)53(39(58)42(54)15-6-16-42)31-21-32(43(44,45)46)34(23-47)48-24-31)9-11-35(27)59-18-14-26-13-17-52(41(2,3)22-26)25-37(56)50-29-8-5-7-28(20-29)49-33-10-12-36(55)51-38(33)57;/h5,7-9,11,19-21,24,26,33,49H,4,6,10,12-18,22,25H2,1-3H3,(H,50,56)(H,51,55,57);1H/t26-,33?;/m0./s1. The number of piperidine rings is 2. The fraction of sp³-hybridized carbons (Fsp3) is 0.465. The predicted octanol–water partition coefficient (Wildman–Crippen LogP) is 7.13. The van der Waals surface area contributed by atoms with Gasteiger partial charge < -0.3 is 20.3 Å². The van der Waals surface area contributed by atoms with E-state index in [2.05, 4.69) is 39.7 Å². The molecule has 18 heteroatoms. The van der Waals surface area contributed by atoms with Gasteiger partial charge in [-0.05, 0) is 138 Å². The van der Waals surface area contributed by atoms with Crippen LogP contribution in [0.25, 0.3) is 0 Å². The molecule has 2 atom stereocenters. The van der Waals surface area contributed by atoms with E-state index in [4.69, 9.17) is 17.0 Å². The molecule has 4 fully saturated rings. The Morgan fingerprint density at radius 1 is 1.08 bits per heavy atom. The summed E-state index contributed by atoms with van der Waals surface area (Å²) < 4.78 is 47.8. The average Bonchev–Trinajstić information content (AvgIpc) is 3.42. The Balaban J connectivity index is 0.00000622. The topological polar surface area (TPSA) is 160 Å². The molecule has 2 aromatic carbocycles. The fourth-order valence-corrected chi connectivity index (χ4v) is 9.23. The number of hydrogen-bond donors (Lipinski definition) is 3. The van der Waals surface area contributed by atoms with Crippen molar-refractivity contribution in [2.75, 3.05) is 40.1 Å². The number of alkyl halides is 3. The van der Waals surface area contributed by atoms with Crippen molar-refractivity contribution in [3.05, 3.63) is 71.5 Å². The van der Waals surface area contributed by atoms with Gasteiger partial charge in [0.1, 0.15) is 23.4 Å². The highest BCUT2D eigenvalue weighted by Gasteiger charge is 2.60. The van der Waals surface area contributed by atoms with E-state index in [-0.39, 0.29) is 59.4 Å². The number of imide groups is 1. The summed E-state index contributed by atoms with van der Waals surface area (Å²) in [6.07, 6.45) is 1.81. The van der Waals surface area contributed by atoms with Crippen LogP contribution >= 0.6 is 24.6 Å². The monoisotopic (exact) mass is 880 g/mol. The van der Waals surface area contributed by atoms with Crippen molar-refractivity contribution in [3.8, 4) is 11.8 Å². The second kappa shape index (κ2) is 18.0. The van der Waals surface area contributed by atoms with Crippen LogP contribution in [-0.2, 0) is 31.8 Å². The first-order valence-corrected chi connectivity index (χ1v) is 20.6. The quantitative estimate of drug-likeness (QED) is 0.126. The van der Waals surface area contributed by atoms with Gasteiger partial charge in [0, 0.05) is 29.0 Å². The van der Waals surface area contributed by atoms with Crippen molar-refractivity contribution >= 4 is 76.1 Å². The van der Waals surface area contributed by atoms with Gasteiger partial charge >= 0.3 is 6.18 Å². The first kappa shape index (κ1) is 45.2. The molecule has 3 aromatic rings. The van der Waals surface area contributed by atoms with E-state index < -0.39 is 34.9 Å². The van der Waals surface area contributed by atoms with Gasteiger partial charge in [0.2, 0.25) is 17.7 Å². The number of nitriles is 1. The van der Waals surface area contributed by atoms with E-state index in [0.717, 1.165) is 55.0 Å². The molecule has 61 heavy (non-hydrogen) atoms. The van der Waals surface area contributed by atoms with Gasteiger partial charge in [0.25, 0.3) is 5.91 Å². The summed E-state index contributed by atoms with van der Waals surface area (Å²) >= 11 is 5.80. The number of carbonyl (C=O) groups is 4. The maximum Gasteiger partial charge on any atom is 0.419 e. The minimum Gasteiger partial charge on any atom is -0.493 e. The van der Waals surface area contributed by atoms with Crippen LogP contribution in [0.3, 0.4) is 0 Å². The SMILES string of the molecule is CCc1cc(N2C(=S)N(c3cnc(C#N)c(C(F)(F)F)c3)C(=O)C23CCC3)ccc1OCC[C@@H]1CCN(CC(=O)Nc2cccc(NC3CCC(=O)NC3=O)c2)C(C)(C)C1.Cl. The van der Waals surface area contributed by atoms with Crippen LogP contribution in [0.15, 0.2) is 54.7 Å². The number of benzene rings is 2. The Morgan fingerprint density at radius 3 is 2.49 bits per heavy atom. The summed E-state index contributed by atoms with van der Waals surface area (Å²) in [5.41, 5.74) is -0.602. The molecule has 1 aliphatic carbocycles. The van der Waals surface area contributed by atoms with E-state index in [9.17, 15) is 37.6 Å². The van der Waals surface area contributed by atoms with Gasteiger partial charge in [-0.3, -0.25) is 34.3 Å². The fourth-order valence-electron chi connectivity index (χ4n) is 8.76. The Labute approximate surface area is 363 Å². The Kier molecular flexibility index (Phi) is 13.3. The van der Waals surface area contributed by atoms with Crippen molar-refractivity contribution in [1.29, 1.82) is 5.26 Å². The molecule has 1 spiro atoms. The number of nitrogens with one attached hydrogen (secondary N) is 3. The lowest BCUT2D eigenvalue weighted by Gasteiger charge is -2.45. The smallest absolute Gasteiger partial charge is 0.419 e. The number of aryl methyl sites for hydroxylation is 1. The maximum atomic E-state index is 14.0. The van der Waals surface area contributed by atoms with Gasteiger partial charge in [-0.15, -0.1) is 12.4 Å². The van der Waals surface area contributed by atoms with Gasteiger partial charge in [-0.1, -0.05) is 13.0 Å². The highest BCUT2D eigenvalue weighted by Crippen LogP contribution is 2.49. The summed E-state index contributed by atoms with van der Waals surface area (Å²) in [4.78, 5) is 59.6. The summed E-state index contributed by atoms with van der Waals surface area (Å²) in [6, 6.07) is 14.5. The highest BCUT2D eigenvalue weighted by atomic mass is 35.5. The third kappa shape index (κ3) is 9.31. The van der Waals surface area contributed by atoms with Crippen molar-refractivity contribution < 1.29 is 37.1 Å². The number of rotatable bonds is 12. The third-order valence-electron chi connectivity index (χ3n) is 12.1. The minimum atomic E-state index is -4.85. The number of pyridine rings is 1. The molecule has 0 radical (unpaired) electrons. The molecule has 1 saturated carbocycles. The van der Waals surface area contributed by atoms with Gasteiger partial charge in [0.15, 0.2) is 10.8 Å². The number of halogens is 4. The largest absolute Gasteiger partial charge is 0.493 e. The molecule has 4 amide bonds. The van der Waals surface area contributed by atoms with Crippen molar-refractivity contribution in [2.45, 2.75) is 102 Å². The number of ether oxygens (including phenoxy) is 1. The van der Waals surface area contributed by atoms with E-state index in [0.29, 0.717) is 61.0 Å². The second-order valence-corrected chi connectivity index (χ2v) is 16.9. The number of amides is 4. The lowest BCUT2D eigenvalue weighted by atomic mass is 9.75. The zero-order valence-electron chi connectivity index (χ0n) is 34.1. The van der Waals surface area contributed by atoms with Gasteiger partial charge in [-0.2, -0.15) is 18.4 Å². The maximum absolute atomic E-state index is 14.0. The molecule has 0 bridgehead atoms. The lowest BCUT2D eigenvalue weighted by Crippen LogP contribution is -2.55. The average molecular weight is 881 g/mol. The van der Waals surface area contributed by atoms with Gasteiger partial charge in [-0.25, -0.2) is 4.98 Å². The number of aromatic nitrogens is 1. The molecule has 3 saturated heterocycles. The van der Waals surface area contributed by atoms with Crippen LogP contribution in [0.4, 0.5) is 35.9 Å². The predicted molar refractivity (Wildman–Crippen MR) is 230 cm³/mol. The number of carbonyl (C=O) groups excluding carboxylic acids is 4. The van der Waals surface area contributed by atoms with Crippen LogP contribution < -0.4 is 30.5 Å². The normalized spacial score (nSPS) is 21.0. The Bertz CT molecular complexity index is 2260. The zero-order valence-corrected chi connectivity index (χ0v) is 35.7. The molecule has 4 aliphatic rings. The number of hydrogen-bond acceptors (Lipinski definition) is 10. The highest BCUT2D eigenvalue weighted by molar-refractivity contribution is 7.81. The Hall–Kier alpha value is -5.31. The van der Waals surface area contributed by atoms with Crippen molar-refractivity contribution in [3.63, 3.8) is 0 Å². The van der Waals surface area contributed by atoms with E-state index in [1.165, 1.54) is 6.07 Å². The van der Waals surface area contributed by atoms with E-state index >= 15 is 0 Å². The van der Waals surface area contributed by atoms with Crippen molar-refractivity contribution in [2.24, 2.45) is 5.92 Å². The number of thiocarbonyl (C=S) groups is 1. The third-order valence-corrected chi connectivity index (χ3v) is 12.5. The van der Waals surface area contributed by atoms with E-state index in [1.807, 2.05) is 31.2 Å². The van der Waals surface area contributed by atoms with Crippen LogP contribution in [0.5, 0.6) is 5.75 Å². The first-order chi connectivity index (χ1) is 28.5.